The number of esters is 2. The fourth-order valence-electron chi connectivity index (χ4n) is 18.6. The molecule has 7 aromatic rings. The van der Waals surface area contributed by atoms with Gasteiger partial charge in [0.2, 0.25) is 41.4 Å². The van der Waals surface area contributed by atoms with Crippen LogP contribution in [0.2, 0.25) is 0 Å². The minimum Gasteiger partial charge on any atom is -0.480 e. The Labute approximate surface area is 772 Å². The maximum absolute atomic E-state index is 14.2. The van der Waals surface area contributed by atoms with Gasteiger partial charge in [-0.1, -0.05) is 103 Å². The standard InChI is InChI=1S/C55H69N11O7S.C31H43N5O6S.C9H15NO4/c1-33-43-29-57-45(60-50(43)66(40-9-7-8-10-40)53(72)47(33)35(3)67)25-39-15-16-41(28-56-39)63-21-23-64(24-22-63)52(71)38-17-19-62(20-18-38)31-46(69)61-49(55(4,5)6)54(73)65-30-42(68)26-44(65)51(70)58-27-36-11-13-37(14-12-36)48-34(2)59-32-74-48;1-19-26(43-18-33-19)21-8-6-20(7-9-21)15-32-28(39)24-14-23(37)16-36(24)29(40)27(31(2,3)4)34-25(38)17-35-12-10-22(11-13-35)30(41)42-5;1-14-9(13)7-2-4-10(5-3-7)6-8(11)12/h11-16,28-29,32,38,40,42,44,49,68H,7-10,17-27,30-31H2,1-6H3,(H,58,70)(H,61,69);6-9,18,22-24,27,37H,10-17H2,1-5H3,(H,32,39)(H,34,38);7H,2-6H2,1H3,(H,11,12)/t42-,44+,49-;23-,24+,27-;/m11./s1. The van der Waals surface area contributed by atoms with Crippen molar-refractivity contribution in [2.45, 2.75) is 208 Å². The van der Waals surface area contributed by atoms with E-state index in [0.717, 1.165) is 85.8 Å². The number of carboxylic acids is 1. The third-order valence-corrected chi connectivity index (χ3v) is 28.1. The Kier molecular flexibility index (Phi) is 33.7. The van der Waals surface area contributed by atoms with Crippen LogP contribution in [0.5, 0.6) is 0 Å². The van der Waals surface area contributed by atoms with Crippen LogP contribution in [-0.2, 0) is 76.9 Å². The number of aliphatic hydroxyl groups excluding tert-OH is 2. The number of aryl methyl sites for hydroxylation is 3. The van der Waals surface area contributed by atoms with Crippen LogP contribution in [0.1, 0.15) is 182 Å². The van der Waals surface area contributed by atoms with Gasteiger partial charge in [-0.05, 0) is 169 Å². The van der Waals surface area contributed by atoms with Crippen LogP contribution in [0, 0.1) is 49.4 Å². The molecule has 131 heavy (non-hydrogen) atoms. The lowest BCUT2D eigenvalue weighted by Gasteiger charge is -2.39. The number of thiazole rings is 2. The van der Waals surface area contributed by atoms with Crippen LogP contribution in [0.3, 0.4) is 0 Å². The average Bonchev–Trinajstić information content (AvgIpc) is 1.06. The van der Waals surface area contributed by atoms with Gasteiger partial charge in [-0.25, -0.2) is 19.9 Å². The number of methoxy groups -OCH3 is 2. The number of benzene rings is 2. The molecule has 1 aliphatic carbocycles. The molecule has 7 fully saturated rings. The molecule has 0 radical (unpaired) electrons. The number of Topliss-reactive ketones (excluding diaryl/α,β-unsaturated/α-hetero) is 1. The van der Waals surface area contributed by atoms with E-state index in [1.807, 2.05) is 153 Å². The number of aliphatic hydroxyl groups is 2. The summed E-state index contributed by atoms with van der Waals surface area (Å²) in [6, 6.07) is 16.2. The zero-order valence-corrected chi connectivity index (χ0v) is 78.9. The molecule has 11 heterocycles. The number of aliphatic carboxylic acids is 1. The van der Waals surface area contributed by atoms with E-state index in [4.69, 9.17) is 19.8 Å². The summed E-state index contributed by atoms with van der Waals surface area (Å²) in [5, 5.41) is 42.2. The van der Waals surface area contributed by atoms with Gasteiger partial charge < -0.3 is 65.7 Å². The van der Waals surface area contributed by atoms with Crippen molar-refractivity contribution in [3.05, 3.63) is 140 Å². The minimum atomic E-state index is -0.937. The molecule has 0 unspecified atom stereocenters. The van der Waals surface area contributed by atoms with Crippen LogP contribution in [0.15, 0.2) is 88.9 Å². The van der Waals surface area contributed by atoms with Crippen LogP contribution < -0.4 is 31.7 Å². The van der Waals surface area contributed by atoms with Gasteiger partial charge in [-0.3, -0.25) is 81.8 Å². The number of hydrogen-bond donors (Lipinski definition) is 7. The number of anilines is 1. The lowest BCUT2D eigenvalue weighted by Crippen LogP contribution is -2.59. The lowest BCUT2D eigenvalue weighted by molar-refractivity contribution is -0.148. The fourth-order valence-corrected chi connectivity index (χ4v) is 20.2. The maximum atomic E-state index is 14.2. The first-order valence-corrected chi connectivity index (χ1v) is 47.2. The van der Waals surface area contributed by atoms with Crippen molar-refractivity contribution < 1.29 is 77.5 Å². The van der Waals surface area contributed by atoms with E-state index in [2.05, 4.69) is 45.9 Å². The Balaban J connectivity index is 0.000000227. The molecule has 6 atom stereocenters. The monoisotopic (exact) mass is 1840 g/mol. The van der Waals surface area contributed by atoms with Crippen LogP contribution >= 0.6 is 22.7 Å². The molecule has 5 aromatic heterocycles. The number of amides is 7. The Hall–Kier alpha value is -10.9. The van der Waals surface area contributed by atoms with Gasteiger partial charge in [0.25, 0.3) is 5.56 Å². The molecule has 6 saturated heterocycles. The van der Waals surface area contributed by atoms with E-state index in [0.29, 0.717) is 127 Å². The van der Waals surface area contributed by atoms with E-state index >= 15 is 0 Å². The second kappa shape index (κ2) is 44.6. The molecule has 706 valence electrons. The van der Waals surface area contributed by atoms with Gasteiger partial charge in [0, 0.05) is 94.4 Å². The van der Waals surface area contributed by atoms with Gasteiger partial charge in [-0.2, -0.15) is 0 Å². The Bertz CT molecular complexity index is 5270. The number of nitrogens with one attached hydrogen (secondary N) is 4. The number of carbonyl (C=O) groups is 11. The first-order valence-electron chi connectivity index (χ1n) is 45.5. The number of likely N-dealkylation sites (tertiary alicyclic amines) is 5. The zero-order chi connectivity index (χ0) is 94.3. The first kappa shape index (κ1) is 99.1. The second-order valence-corrected chi connectivity index (χ2v) is 39.4. The van der Waals surface area contributed by atoms with Crippen molar-refractivity contribution >= 4 is 104 Å². The summed E-state index contributed by atoms with van der Waals surface area (Å²) >= 11 is 3.15. The van der Waals surface area contributed by atoms with E-state index in [1.54, 1.807) is 40.4 Å². The highest BCUT2D eigenvalue weighted by Crippen LogP contribution is 2.36. The molecule has 6 aliphatic heterocycles. The number of ether oxygens (including phenoxy) is 2. The van der Waals surface area contributed by atoms with E-state index < -0.39 is 65.0 Å². The quantitative estimate of drug-likeness (QED) is 0.0210. The summed E-state index contributed by atoms with van der Waals surface area (Å²) in [5.41, 5.74) is 11.0. The molecule has 14 rings (SSSR count). The molecule has 1 saturated carbocycles. The Morgan fingerprint density at radius 1 is 0.542 bits per heavy atom. The van der Waals surface area contributed by atoms with E-state index in [-0.39, 0.29) is 141 Å². The van der Waals surface area contributed by atoms with Gasteiger partial charge in [0.05, 0.1) is 114 Å². The van der Waals surface area contributed by atoms with Crippen LogP contribution in [-0.4, -0.2) is 288 Å². The number of carbonyl (C=O) groups excluding carboxylic acids is 10. The number of rotatable bonds is 26. The molecular weight excluding hydrogens is 1720 g/mol. The predicted molar refractivity (Wildman–Crippen MR) is 494 cm³/mol. The van der Waals surface area contributed by atoms with Crippen molar-refractivity contribution in [3.63, 3.8) is 0 Å². The maximum Gasteiger partial charge on any atom is 0.317 e. The van der Waals surface area contributed by atoms with Crippen LogP contribution in [0.4, 0.5) is 5.69 Å². The normalized spacial score (nSPS) is 19.8. The SMILES string of the molecule is CC(=O)c1c(C)c2cnc(Cc3ccc(N4CCN(C(=O)C5CCN(CC(=O)N[C@H](C(=O)N6C[C@H](O)C[C@H]6C(=O)NCc6ccc(-c7scnc7C)cc6)C(C)(C)C)CC5)CC4)cn3)nc2n(C2CCCC2)c1=O.COC(=O)C1CCN(CC(=O)N[C@H](C(=O)N2C[C@H](O)C[C@H]2C(=O)NCc2ccc(-c3scnc3C)cc2)C(C)(C)C)CC1.COC(=O)C1CCN(CC(=O)O)CC1. The van der Waals surface area contributed by atoms with Gasteiger partial charge in [0.15, 0.2) is 5.78 Å². The number of β-amino-alcohol motifs (C(OH)–C–C–N with tert-alkyl or cyclic N) is 2. The molecular formula is C95H127N17O17S2. The zero-order valence-electron chi connectivity index (χ0n) is 77.3. The summed E-state index contributed by atoms with van der Waals surface area (Å²) in [6.07, 6.45) is 10.1. The molecule has 0 spiro atoms. The molecule has 7 N–H and O–H groups in total. The number of pyridine rings is 2. The molecule has 7 aliphatic rings. The highest BCUT2D eigenvalue weighted by atomic mass is 32.1. The smallest absolute Gasteiger partial charge is 0.317 e. The summed E-state index contributed by atoms with van der Waals surface area (Å²) in [6.45, 7) is 25.2. The Morgan fingerprint density at radius 2 is 0.985 bits per heavy atom. The van der Waals surface area contributed by atoms with Crippen LogP contribution in [0.25, 0.3) is 31.9 Å². The number of hydrogen-bond acceptors (Lipinski definition) is 27. The highest BCUT2D eigenvalue weighted by molar-refractivity contribution is 7.13. The summed E-state index contributed by atoms with van der Waals surface area (Å²) in [7, 11) is 2.76. The van der Waals surface area contributed by atoms with Crippen molar-refractivity contribution in [2.75, 3.05) is 117 Å². The van der Waals surface area contributed by atoms with Gasteiger partial charge >= 0.3 is 17.9 Å². The van der Waals surface area contributed by atoms with Crippen molar-refractivity contribution in [1.82, 2.24) is 80.2 Å². The molecule has 36 heteroatoms. The molecule has 0 bridgehead atoms. The lowest BCUT2D eigenvalue weighted by atomic mass is 9.85. The highest BCUT2D eigenvalue weighted by Gasteiger charge is 2.47. The van der Waals surface area contributed by atoms with Gasteiger partial charge in [-0.15, -0.1) is 22.7 Å². The topological polar surface area (TPSA) is 424 Å². The number of carboxylic acid groups (broad SMARTS) is 1. The number of nitrogens with zero attached hydrogens (tertiary/aromatic N) is 13. The minimum absolute atomic E-state index is 0.00478. The summed E-state index contributed by atoms with van der Waals surface area (Å²) in [4.78, 5) is 193. The fraction of sp³-hybridized carbons (Fsp3) is 0.568. The van der Waals surface area contributed by atoms with E-state index in [9.17, 15) is 67.7 Å². The number of aromatic nitrogens is 6. The number of ketones is 1. The third kappa shape index (κ3) is 25.5. The van der Waals surface area contributed by atoms with Crippen molar-refractivity contribution in [2.24, 2.45) is 28.6 Å². The van der Waals surface area contributed by atoms with Crippen molar-refractivity contribution in [1.29, 1.82) is 0 Å². The predicted octanol–water partition coefficient (Wildman–Crippen LogP) is 7.07. The van der Waals surface area contributed by atoms with Gasteiger partial charge in [0.1, 0.15) is 35.6 Å². The first-order chi connectivity index (χ1) is 62.4. The second-order valence-electron chi connectivity index (χ2n) is 37.7. The van der Waals surface area contributed by atoms with E-state index in [1.165, 1.54) is 30.9 Å². The largest absolute Gasteiger partial charge is 0.480 e. The number of piperazine rings is 1. The molecule has 7 amide bonds. The molecule has 34 nitrogen and oxygen atoms in total. The average molecular weight is 1840 g/mol. The Morgan fingerprint density at radius 3 is 1.38 bits per heavy atom. The molecule has 2 aromatic carbocycles. The summed E-state index contributed by atoms with van der Waals surface area (Å²) < 4.78 is 11.2. The van der Waals surface area contributed by atoms with Crippen molar-refractivity contribution in [3.8, 4) is 20.9 Å². The number of fused-ring (bicyclic) bond motifs is 1. The summed E-state index contributed by atoms with van der Waals surface area (Å²) in [5.74, 6) is -3.28. The third-order valence-electron chi connectivity index (χ3n) is 26.1. The number of piperidine rings is 3.